The van der Waals surface area contributed by atoms with E-state index in [4.69, 9.17) is 0 Å². The van der Waals surface area contributed by atoms with Crippen molar-refractivity contribution in [3.05, 3.63) is 28.3 Å². The number of nitro benzene ring substituents is 1. The zero-order valence-electron chi connectivity index (χ0n) is 11.6. The highest BCUT2D eigenvalue weighted by Crippen LogP contribution is 2.32. The Morgan fingerprint density at radius 1 is 1.42 bits per heavy atom. The van der Waals surface area contributed by atoms with Gasteiger partial charge in [-0.1, -0.05) is 6.92 Å². The number of hydrogen-bond donors (Lipinski definition) is 1. The number of nitro groups is 1. The predicted octanol–water partition coefficient (Wildman–Crippen LogP) is 3.41. The lowest BCUT2D eigenvalue weighted by atomic mass is 10.1. The predicted molar refractivity (Wildman–Crippen MR) is 77.9 cm³/mol. The fraction of sp³-hybridized carbons (Fsp3) is 0.571. The minimum atomic E-state index is -0.318. The van der Waals surface area contributed by atoms with E-state index in [1.165, 1.54) is 6.42 Å². The minimum absolute atomic E-state index is 0.162. The van der Waals surface area contributed by atoms with E-state index in [1.807, 2.05) is 13.0 Å². The summed E-state index contributed by atoms with van der Waals surface area (Å²) < 4.78 is 0. The van der Waals surface area contributed by atoms with Crippen molar-refractivity contribution in [2.45, 2.75) is 39.2 Å². The van der Waals surface area contributed by atoms with Crippen molar-refractivity contribution in [2.75, 3.05) is 23.3 Å². The number of rotatable bonds is 5. The van der Waals surface area contributed by atoms with Crippen LogP contribution in [0.5, 0.6) is 0 Å². The Morgan fingerprint density at radius 2 is 2.21 bits per heavy atom. The maximum absolute atomic E-state index is 11.0. The first-order valence-electron chi connectivity index (χ1n) is 6.95. The number of non-ortho nitro benzene ring substituents is 1. The van der Waals surface area contributed by atoms with Crippen LogP contribution >= 0.6 is 0 Å². The molecule has 0 spiro atoms. The van der Waals surface area contributed by atoms with Crippen LogP contribution in [-0.4, -0.2) is 24.1 Å². The number of benzene rings is 1. The molecule has 1 saturated heterocycles. The Hall–Kier alpha value is -1.78. The molecule has 5 nitrogen and oxygen atoms in total. The Morgan fingerprint density at radius 3 is 2.84 bits per heavy atom. The number of nitrogens with one attached hydrogen (secondary N) is 1. The molecule has 1 N–H and O–H groups in total. The summed E-state index contributed by atoms with van der Waals surface area (Å²) in [4.78, 5) is 13.0. The van der Waals surface area contributed by atoms with Crippen LogP contribution in [0.4, 0.5) is 17.1 Å². The summed E-state index contributed by atoms with van der Waals surface area (Å²) in [5.74, 6) is 0. The van der Waals surface area contributed by atoms with Gasteiger partial charge in [0.2, 0.25) is 0 Å². The summed E-state index contributed by atoms with van der Waals surface area (Å²) in [6.07, 6.45) is 3.42. The van der Waals surface area contributed by atoms with E-state index in [2.05, 4.69) is 17.1 Å². The van der Waals surface area contributed by atoms with Crippen molar-refractivity contribution in [1.82, 2.24) is 0 Å². The third-order valence-electron chi connectivity index (χ3n) is 3.67. The molecule has 1 aliphatic heterocycles. The third-order valence-corrected chi connectivity index (χ3v) is 3.67. The van der Waals surface area contributed by atoms with E-state index in [1.54, 1.807) is 12.1 Å². The zero-order valence-corrected chi connectivity index (χ0v) is 11.6. The Labute approximate surface area is 113 Å². The number of hydrogen-bond acceptors (Lipinski definition) is 4. The number of anilines is 2. The Kier molecular flexibility index (Phi) is 4.24. The standard InChI is InChI=1S/C14H21N3O2/c1-3-12-6-5-7-16(12)13-8-11(15-4-2)9-14(10-13)17(18)19/h8-10,12,15H,3-7H2,1-2H3. The van der Waals surface area contributed by atoms with Gasteiger partial charge >= 0.3 is 0 Å². The molecule has 1 heterocycles. The topological polar surface area (TPSA) is 58.4 Å². The molecule has 19 heavy (non-hydrogen) atoms. The van der Waals surface area contributed by atoms with Gasteiger partial charge in [0.25, 0.3) is 5.69 Å². The van der Waals surface area contributed by atoms with Crippen LogP contribution < -0.4 is 10.2 Å². The smallest absolute Gasteiger partial charge is 0.273 e. The lowest BCUT2D eigenvalue weighted by Crippen LogP contribution is -2.28. The quantitative estimate of drug-likeness (QED) is 0.653. The van der Waals surface area contributed by atoms with Crippen molar-refractivity contribution in [1.29, 1.82) is 0 Å². The summed E-state index contributed by atoms with van der Waals surface area (Å²) in [5.41, 5.74) is 1.96. The lowest BCUT2D eigenvalue weighted by Gasteiger charge is -2.26. The van der Waals surface area contributed by atoms with Crippen molar-refractivity contribution >= 4 is 17.1 Å². The van der Waals surface area contributed by atoms with Crippen molar-refractivity contribution in [3.63, 3.8) is 0 Å². The van der Waals surface area contributed by atoms with Crippen molar-refractivity contribution < 1.29 is 4.92 Å². The largest absolute Gasteiger partial charge is 0.385 e. The fourth-order valence-electron chi connectivity index (χ4n) is 2.77. The summed E-state index contributed by atoms with van der Waals surface area (Å²) in [6, 6.07) is 5.82. The Bertz CT molecular complexity index is 462. The summed E-state index contributed by atoms with van der Waals surface area (Å²) in [5, 5.41) is 14.2. The van der Waals surface area contributed by atoms with Gasteiger partial charge in [-0.15, -0.1) is 0 Å². The molecule has 1 aromatic rings. The van der Waals surface area contributed by atoms with Crippen LogP contribution in [0.3, 0.4) is 0 Å². The van der Waals surface area contributed by atoms with Gasteiger partial charge in [0.15, 0.2) is 0 Å². The monoisotopic (exact) mass is 263 g/mol. The van der Waals surface area contributed by atoms with Crippen molar-refractivity contribution in [3.8, 4) is 0 Å². The van der Waals surface area contributed by atoms with Crippen LogP contribution in [0, 0.1) is 10.1 Å². The van der Waals surface area contributed by atoms with Gasteiger partial charge in [0, 0.05) is 42.6 Å². The van der Waals surface area contributed by atoms with Gasteiger partial charge in [0.05, 0.1) is 4.92 Å². The molecule has 0 saturated carbocycles. The first-order chi connectivity index (χ1) is 9.15. The summed E-state index contributed by atoms with van der Waals surface area (Å²) in [6.45, 7) is 5.91. The highest BCUT2D eigenvalue weighted by atomic mass is 16.6. The molecule has 5 heteroatoms. The zero-order chi connectivity index (χ0) is 13.8. The van der Waals surface area contributed by atoms with Gasteiger partial charge in [-0.2, -0.15) is 0 Å². The SMILES string of the molecule is CCNc1cc(N2CCCC2CC)cc([N+](=O)[O-])c1. The van der Waals surface area contributed by atoms with E-state index in [9.17, 15) is 10.1 Å². The Balaban J connectivity index is 2.35. The van der Waals surface area contributed by atoms with E-state index in [0.29, 0.717) is 6.04 Å². The van der Waals surface area contributed by atoms with Crippen LogP contribution in [0.15, 0.2) is 18.2 Å². The van der Waals surface area contributed by atoms with E-state index in [0.717, 1.165) is 37.3 Å². The fourth-order valence-corrected chi connectivity index (χ4v) is 2.77. The van der Waals surface area contributed by atoms with Gasteiger partial charge in [0.1, 0.15) is 0 Å². The molecule has 1 atom stereocenters. The van der Waals surface area contributed by atoms with Crippen LogP contribution in [0.25, 0.3) is 0 Å². The normalized spacial score (nSPS) is 18.6. The van der Waals surface area contributed by atoms with Gasteiger partial charge < -0.3 is 10.2 Å². The van der Waals surface area contributed by atoms with E-state index >= 15 is 0 Å². The molecule has 0 aliphatic carbocycles. The minimum Gasteiger partial charge on any atom is -0.385 e. The van der Waals surface area contributed by atoms with Crippen molar-refractivity contribution in [2.24, 2.45) is 0 Å². The number of nitrogens with zero attached hydrogens (tertiary/aromatic N) is 2. The first kappa shape index (κ1) is 13.6. The van der Waals surface area contributed by atoms with E-state index in [-0.39, 0.29) is 10.6 Å². The highest BCUT2D eigenvalue weighted by molar-refractivity contribution is 5.65. The second kappa shape index (κ2) is 5.91. The average molecular weight is 263 g/mol. The molecule has 1 aromatic carbocycles. The maximum Gasteiger partial charge on any atom is 0.273 e. The molecule has 104 valence electrons. The molecule has 0 radical (unpaired) electrons. The molecule has 2 rings (SSSR count). The molecule has 0 amide bonds. The second-order valence-electron chi connectivity index (χ2n) is 4.92. The molecule has 1 fully saturated rings. The second-order valence-corrected chi connectivity index (χ2v) is 4.92. The van der Waals surface area contributed by atoms with Crippen LogP contribution in [0.2, 0.25) is 0 Å². The lowest BCUT2D eigenvalue weighted by molar-refractivity contribution is -0.384. The average Bonchev–Trinajstić information content (AvgIpc) is 2.87. The molecule has 1 unspecified atom stereocenters. The first-order valence-corrected chi connectivity index (χ1v) is 6.95. The molecule has 0 bridgehead atoms. The molecular weight excluding hydrogens is 242 g/mol. The molecule has 0 aromatic heterocycles. The summed E-state index contributed by atoms with van der Waals surface area (Å²) >= 11 is 0. The van der Waals surface area contributed by atoms with E-state index < -0.39 is 0 Å². The molecular formula is C14H21N3O2. The third kappa shape index (κ3) is 2.97. The van der Waals surface area contributed by atoms with Gasteiger partial charge in [-0.05, 0) is 32.3 Å². The summed E-state index contributed by atoms with van der Waals surface area (Å²) in [7, 11) is 0. The molecule has 1 aliphatic rings. The van der Waals surface area contributed by atoms with Crippen LogP contribution in [0.1, 0.15) is 33.1 Å². The highest BCUT2D eigenvalue weighted by Gasteiger charge is 2.24. The van der Waals surface area contributed by atoms with Gasteiger partial charge in [-0.25, -0.2) is 0 Å². The van der Waals surface area contributed by atoms with Gasteiger partial charge in [-0.3, -0.25) is 10.1 Å². The maximum atomic E-state index is 11.0. The van der Waals surface area contributed by atoms with Crippen LogP contribution in [-0.2, 0) is 0 Å².